The maximum atomic E-state index is 13.4. The molecule has 6 heteroatoms. The van der Waals surface area contributed by atoms with Crippen LogP contribution in [0.1, 0.15) is 5.56 Å². The molecule has 0 bridgehead atoms. The minimum Gasteiger partial charge on any atom is -0.437 e. The lowest BCUT2D eigenvalue weighted by molar-refractivity contribution is 0.120. The summed E-state index contributed by atoms with van der Waals surface area (Å²) in [6.45, 7) is 0.310. The molecule has 0 aliphatic carbocycles. The number of hydrogen-bond donors (Lipinski definition) is 0. The van der Waals surface area contributed by atoms with Gasteiger partial charge in [0.2, 0.25) is 5.88 Å². The van der Waals surface area contributed by atoms with Crippen LogP contribution in [0.4, 0.5) is 9.18 Å². The first-order valence-electron chi connectivity index (χ1n) is 5.20. The normalized spacial score (nSPS) is 10.1. The van der Waals surface area contributed by atoms with E-state index >= 15 is 0 Å². The summed E-state index contributed by atoms with van der Waals surface area (Å²) in [6, 6.07) is 6.44. The fraction of sp³-hybridized carbons (Fsp3) is 0.167. The van der Waals surface area contributed by atoms with E-state index in [1.807, 2.05) is 0 Å². The number of rotatable bonds is 3. The van der Waals surface area contributed by atoms with Crippen molar-refractivity contribution in [3.63, 3.8) is 0 Å². The molecule has 1 heterocycles. The molecule has 0 saturated carbocycles. The Morgan fingerprint density at radius 3 is 2.94 bits per heavy atom. The van der Waals surface area contributed by atoms with Crippen molar-refractivity contribution in [3.05, 3.63) is 48.2 Å². The highest BCUT2D eigenvalue weighted by atomic mass is 19.1. The minimum absolute atomic E-state index is 0.109. The predicted molar refractivity (Wildman–Crippen MR) is 60.8 cm³/mol. The van der Waals surface area contributed by atoms with Gasteiger partial charge in [0.15, 0.2) is 0 Å². The zero-order valence-electron chi connectivity index (χ0n) is 9.67. The van der Waals surface area contributed by atoms with Gasteiger partial charge in [-0.2, -0.15) is 0 Å². The largest absolute Gasteiger partial charge is 0.514 e. The molecule has 0 atom stereocenters. The van der Waals surface area contributed by atoms with E-state index in [1.165, 1.54) is 25.7 Å². The Balaban J connectivity index is 2.07. The topological polar surface area (TPSA) is 53.4 Å². The van der Waals surface area contributed by atoms with Crippen LogP contribution in [0.2, 0.25) is 0 Å². The number of carbonyl (C=O) groups excluding carboxylic acids is 1. The molecule has 5 nitrogen and oxygen atoms in total. The van der Waals surface area contributed by atoms with E-state index in [4.69, 9.17) is 4.74 Å². The number of methoxy groups -OCH3 is 1. The maximum Gasteiger partial charge on any atom is 0.514 e. The van der Waals surface area contributed by atoms with Crippen LogP contribution in [0.3, 0.4) is 0 Å². The van der Waals surface area contributed by atoms with Gasteiger partial charge in [-0.3, -0.25) is 0 Å². The minimum atomic E-state index is -0.842. The number of carbonyl (C=O) groups is 1. The Bertz CT molecular complexity index is 554. The second kappa shape index (κ2) is 5.31. The molecule has 94 valence electrons. The lowest BCUT2D eigenvalue weighted by Gasteiger charge is -2.03. The monoisotopic (exact) mass is 250 g/mol. The summed E-state index contributed by atoms with van der Waals surface area (Å²) in [5.41, 5.74) is 0.527. The Hall–Kier alpha value is -2.37. The van der Waals surface area contributed by atoms with E-state index in [2.05, 4.69) is 9.72 Å². The van der Waals surface area contributed by atoms with Crippen LogP contribution in [0.5, 0.6) is 5.88 Å². The van der Waals surface area contributed by atoms with E-state index in [1.54, 1.807) is 22.8 Å². The highest BCUT2D eigenvalue weighted by molar-refractivity contribution is 5.62. The Kier molecular flexibility index (Phi) is 3.57. The average Bonchev–Trinajstić information content (AvgIpc) is 2.79. The molecule has 18 heavy (non-hydrogen) atoms. The second-order valence-corrected chi connectivity index (χ2v) is 3.53. The Morgan fingerprint density at radius 1 is 1.44 bits per heavy atom. The van der Waals surface area contributed by atoms with Crippen molar-refractivity contribution in [1.82, 2.24) is 9.55 Å². The Morgan fingerprint density at radius 2 is 2.22 bits per heavy atom. The third-order valence-electron chi connectivity index (χ3n) is 2.27. The zero-order chi connectivity index (χ0) is 13.0. The van der Waals surface area contributed by atoms with Crippen molar-refractivity contribution in [2.75, 3.05) is 7.11 Å². The molecule has 0 aliphatic heterocycles. The van der Waals surface area contributed by atoms with E-state index < -0.39 is 6.16 Å². The van der Waals surface area contributed by atoms with Gasteiger partial charge >= 0.3 is 6.16 Å². The molecule has 0 fully saturated rings. The summed E-state index contributed by atoms with van der Waals surface area (Å²) in [5, 5.41) is 0. The number of aromatic nitrogens is 2. The summed E-state index contributed by atoms with van der Waals surface area (Å²) in [7, 11) is 1.21. The van der Waals surface area contributed by atoms with Gasteiger partial charge in [0.25, 0.3) is 0 Å². The van der Waals surface area contributed by atoms with E-state index in [-0.39, 0.29) is 11.7 Å². The van der Waals surface area contributed by atoms with Crippen LogP contribution in [0, 0.1) is 5.82 Å². The molecular formula is C12H11FN2O3. The average molecular weight is 250 g/mol. The first-order valence-corrected chi connectivity index (χ1v) is 5.20. The molecule has 2 aromatic rings. The number of nitrogens with zero attached hydrogens (tertiary/aromatic N) is 2. The number of benzene rings is 1. The van der Waals surface area contributed by atoms with Crippen molar-refractivity contribution < 1.29 is 18.7 Å². The molecular weight excluding hydrogens is 239 g/mol. The summed E-state index contributed by atoms with van der Waals surface area (Å²) in [5.74, 6) is -0.181. The molecule has 0 N–H and O–H groups in total. The van der Waals surface area contributed by atoms with Gasteiger partial charge in [0, 0.05) is 5.56 Å². The fourth-order valence-electron chi connectivity index (χ4n) is 1.43. The van der Waals surface area contributed by atoms with Gasteiger partial charge in [-0.05, 0) is 6.07 Å². The van der Waals surface area contributed by atoms with Crippen LogP contribution >= 0.6 is 0 Å². The second-order valence-electron chi connectivity index (χ2n) is 3.53. The smallest absolute Gasteiger partial charge is 0.437 e. The zero-order valence-corrected chi connectivity index (χ0v) is 9.67. The van der Waals surface area contributed by atoms with Gasteiger partial charge in [-0.25, -0.2) is 14.2 Å². The molecule has 0 radical (unpaired) electrons. The molecule has 0 amide bonds. The third kappa shape index (κ3) is 2.85. The summed E-state index contributed by atoms with van der Waals surface area (Å²) < 4.78 is 24.1. The van der Waals surface area contributed by atoms with E-state index in [0.29, 0.717) is 12.1 Å². The van der Waals surface area contributed by atoms with Gasteiger partial charge < -0.3 is 14.0 Å². The molecule has 0 aliphatic rings. The van der Waals surface area contributed by atoms with Gasteiger partial charge in [0.1, 0.15) is 5.82 Å². The lowest BCUT2D eigenvalue weighted by Crippen LogP contribution is -2.07. The quantitative estimate of drug-likeness (QED) is 0.784. The molecule has 0 unspecified atom stereocenters. The van der Waals surface area contributed by atoms with E-state index in [0.717, 1.165) is 0 Å². The van der Waals surface area contributed by atoms with Crippen LogP contribution < -0.4 is 4.74 Å². The van der Waals surface area contributed by atoms with Crippen LogP contribution in [-0.4, -0.2) is 22.8 Å². The van der Waals surface area contributed by atoms with Gasteiger partial charge in [0.05, 0.1) is 26.2 Å². The Labute approximate surface area is 103 Å². The van der Waals surface area contributed by atoms with Crippen molar-refractivity contribution in [3.8, 4) is 5.88 Å². The van der Waals surface area contributed by atoms with Crippen LogP contribution in [0.25, 0.3) is 0 Å². The SMILES string of the molecule is COC(=O)Oc1cn(Cc2ccccc2F)cn1. The number of hydrogen-bond acceptors (Lipinski definition) is 4. The number of halogens is 1. The fourth-order valence-corrected chi connectivity index (χ4v) is 1.43. The van der Waals surface area contributed by atoms with E-state index in [9.17, 15) is 9.18 Å². The molecule has 1 aromatic carbocycles. The summed E-state index contributed by atoms with van der Waals surface area (Å²) in [4.78, 5) is 14.7. The lowest BCUT2D eigenvalue weighted by atomic mass is 10.2. The number of ether oxygens (including phenoxy) is 2. The highest BCUT2D eigenvalue weighted by Crippen LogP contribution is 2.12. The molecule has 2 rings (SSSR count). The van der Waals surface area contributed by atoms with Crippen molar-refractivity contribution in [1.29, 1.82) is 0 Å². The molecule has 0 spiro atoms. The molecule has 0 saturated heterocycles. The third-order valence-corrected chi connectivity index (χ3v) is 2.27. The van der Waals surface area contributed by atoms with Gasteiger partial charge in [-0.1, -0.05) is 18.2 Å². The summed E-state index contributed by atoms with van der Waals surface area (Å²) >= 11 is 0. The standard InChI is InChI=1S/C12H11FN2O3/c1-17-12(16)18-11-7-15(8-14-11)6-9-4-2-3-5-10(9)13/h2-5,7-8H,6H2,1H3. The first kappa shape index (κ1) is 12.1. The highest BCUT2D eigenvalue weighted by Gasteiger charge is 2.08. The predicted octanol–water partition coefficient (Wildman–Crippen LogP) is 2.22. The van der Waals surface area contributed by atoms with Crippen molar-refractivity contribution in [2.45, 2.75) is 6.54 Å². The first-order chi connectivity index (χ1) is 8.69. The van der Waals surface area contributed by atoms with Crippen LogP contribution in [-0.2, 0) is 11.3 Å². The van der Waals surface area contributed by atoms with Crippen LogP contribution in [0.15, 0.2) is 36.8 Å². The van der Waals surface area contributed by atoms with Crippen molar-refractivity contribution >= 4 is 6.16 Å². The van der Waals surface area contributed by atoms with Gasteiger partial charge in [-0.15, -0.1) is 0 Å². The molecule has 1 aromatic heterocycles. The van der Waals surface area contributed by atoms with Crippen molar-refractivity contribution in [2.24, 2.45) is 0 Å². The number of imidazole rings is 1. The summed E-state index contributed by atoms with van der Waals surface area (Å²) in [6.07, 6.45) is 2.10. The maximum absolute atomic E-state index is 13.4.